The minimum atomic E-state index is -0.503. The van der Waals surface area contributed by atoms with E-state index in [9.17, 15) is 9.59 Å². The monoisotopic (exact) mass is 462 g/mol. The summed E-state index contributed by atoms with van der Waals surface area (Å²) in [6, 6.07) is 14.7. The summed E-state index contributed by atoms with van der Waals surface area (Å²) in [6.07, 6.45) is 1.41. The molecule has 0 saturated carbocycles. The SMILES string of the molecule is CCCNC(=O)[C@H](CC)N(Cc1ccc(Cl)cc1)C(=O)CSCc1ccc(OC)cc1. The van der Waals surface area contributed by atoms with Gasteiger partial charge in [-0.25, -0.2) is 0 Å². The van der Waals surface area contributed by atoms with Gasteiger partial charge >= 0.3 is 0 Å². The summed E-state index contributed by atoms with van der Waals surface area (Å²) in [5.74, 6) is 1.67. The molecule has 0 aromatic heterocycles. The molecule has 0 fully saturated rings. The van der Waals surface area contributed by atoms with Gasteiger partial charge in [0.05, 0.1) is 12.9 Å². The molecule has 5 nitrogen and oxygen atoms in total. The van der Waals surface area contributed by atoms with Crippen molar-refractivity contribution >= 4 is 35.2 Å². The highest BCUT2D eigenvalue weighted by Gasteiger charge is 2.28. The molecule has 0 aliphatic rings. The Morgan fingerprint density at radius 1 is 1.06 bits per heavy atom. The number of hydrogen-bond acceptors (Lipinski definition) is 4. The number of amides is 2. The average Bonchev–Trinajstić information content (AvgIpc) is 2.79. The van der Waals surface area contributed by atoms with E-state index >= 15 is 0 Å². The Balaban J connectivity index is 2.07. The van der Waals surface area contributed by atoms with E-state index in [0.29, 0.717) is 36.0 Å². The van der Waals surface area contributed by atoms with Gasteiger partial charge in [-0.15, -0.1) is 11.8 Å². The summed E-state index contributed by atoms with van der Waals surface area (Å²) in [4.78, 5) is 27.6. The number of carbonyl (C=O) groups is 2. The van der Waals surface area contributed by atoms with Gasteiger partial charge in [-0.05, 0) is 48.2 Å². The van der Waals surface area contributed by atoms with Crippen LogP contribution in [0.3, 0.4) is 0 Å². The lowest BCUT2D eigenvalue weighted by molar-refractivity contribution is -0.139. The first kappa shape index (κ1) is 25.1. The standard InChI is InChI=1S/C24H31ClN2O3S/c1-4-14-26-24(29)22(5-2)27(15-18-6-10-20(25)11-7-18)23(28)17-31-16-19-8-12-21(30-3)13-9-19/h6-13,22H,4-5,14-17H2,1-3H3,(H,26,29)/t22-/m0/s1. The van der Waals surface area contributed by atoms with Crippen LogP contribution in [0.1, 0.15) is 37.8 Å². The molecule has 0 spiro atoms. The van der Waals surface area contributed by atoms with Gasteiger partial charge < -0.3 is 15.0 Å². The van der Waals surface area contributed by atoms with E-state index in [1.54, 1.807) is 35.9 Å². The van der Waals surface area contributed by atoms with Crippen LogP contribution in [0.15, 0.2) is 48.5 Å². The van der Waals surface area contributed by atoms with Crippen molar-refractivity contribution in [2.75, 3.05) is 19.4 Å². The number of rotatable bonds is 12. The summed E-state index contributed by atoms with van der Waals surface area (Å²) >= 11 is 7.54. The fourth-order valence-corrected chi connectivity index (χ4v) is 4.13. The zero-order valence-electron chi connectivity index (χ0n) is 18.4. The molecule has 31 heavy (non-hydrogen) atoms. The molecular formula is C24H31ClN2O3S. The zero-order chi connectivity index (χ0) is 22.6. The molecule has 0 heterocycles. The lowest BCUT2D eigenvalue weighted by Crippen LogP contribution is -2.49. The molecular weight excluding hydrogens is 432 g/mol. The van der Waals surface area contributed by atoms with Crippen molar-refractivity contribution < 1.29 is 14.3 Å². The second-order valence-electron chi connectivity index (χ2n) is 7.20. The minimum absolute atomic E-state index is 0.0491. The van der Waals surface area contributed by atoms with Gasteiger partial charge in [-0.3, -0.25) is 9.59 Å². The lowest BCUT2D eigenvalue weighted by Gasteiger charge is -2.30. The summed E-state index contributed by atoms with van der Waals surface area (Å²) in [5.41, 5.74) is 2.07. The van der Waals surface area contributed by atoms with E-state index in [4.69, 9.17) is 16.3 Å². The highest BCUT2D eigenvalue weighted by atomic mass is 35.5. The number of nitrogens with one attached hydrogen (secondary N) is 1. The topological polar surface area (TPSA) is 58.6 Å². The Morgan fingerprint density at radius 2 is 1.71 bits per heavy atom. The van der Waals surface area contributed by atoms with Crippen molar-refractivity contribution in [3.05, 3.63) is 64.7 Å². The van der Waals surface area contributed by atoms with Crippen LogP contribution in [0.25, 0.3) is 0 Å². The second-order valence-corrected chi connectivity index (χ2v) is 8.63. The van der Waals surface area contributed by atoms with Crippen molar-refractivity contribution in [1.82, 2.24) is 10.2 Å². The fraction of sp³-hybridized carbons (Fsp3) is 0.417. The normalized spacial score (nSPS) is 11.6. The summed E-state index contributed by atoms with van der Waals surface area (Å²) in [6.45, 7) is 4.91. The molecule has 0 unspecified atom stereocenters. The molecule has 7 heteroatoms. The molecule has 1 atom stereocenters. The third kappa shape index (κ3) is 8.11. The maximum atomic E-state index is 13.2. The molecule has 2 amide bonds. The molecule has 0 aliphatic heterocycles. The number of thioether (sulfide) groups is 1. The third-order valence-corrected chi connectivity index (χ3v) is 6.10. The predicted octanol–water partition coefficient (Wildman–Crippen LogP) is 4.92. The van der Waals surface area contributed by atoms with E-state index in [1.807, 2.05) is 50.2 Å². The van der Waals surface area contributed by atoms with Crippen LogP contribution in [0.2, 0.25) is 5.02 Å². The number of carbonyl (C=O) groups excluding carboxylic acids is 2. The predicted molar refractivity (Wildman–Crippen MR) is 129 cm³/mol. The summed E-state index contributed by atoms with van der Waals surface area (Å²) in [7, 11) is 1.64. The maximum Gasteiger partial charge on any atom is 0.242 e. The molecule has 2 rings (SSSR count). The van der Waals surface area contributed by atoms with Crippen LogP contribution >= 0.6 is 23.4 Å². The van der Waals surface area contributed by atoms with Crippen molar-refractivity contribution in [2.24, 2.45) is 0 Å². The molecule has 2 aromatic carbocycles. The number of halogens is 1. The molecule has 0 bridgehead atoms. The van der Waals surface area contributed by atoms with Crippen LogP contribution in [-0.4, -0.2) is 42.2 Å². The highest BCUT2D eigenvalue weighted by molar-refractivity contribution is 7.99. The van der Waals surface area contributed by atoms with E-state index in [-0.39, 0.29) is 11.8 Å². The van der Waals surface area contributed by atoms with Crippen molar-refractivity contribution in [2.45, 2.75) is 45.0 Å². The number of ether oxygens (including phenoxy) is 1. The molecule has 2 aromatic rings. The molecule has 0 saturated heterocycles. The number of benzene rings is 2. The van der Waals surface area contributed by atoms with Crippen LogP contribution in [-0.2, 0) is 21.9 Å². The van der Waals surface area contributed by atoms with Gasteiger partial charge in [0, 0.05) is 23.9 Å². The summed E-state index contributed by atoms with van der Waals surface area (Å²) in [5, 5.41) is 3.58. The van der Waals surface area contributed by atoms with E-state index in [2.05, 4.69) is 5.32 Å². The van der Waals surface area contributed by atoms with Crippen LogP contribution in [0, 0.1) is 0 Å². The fourth-order valence-electron chi connectivity index (χ4n) is 3.13. The van der Waals surface area contributed by atoms with Gasteiger partial charge in [-0.2, -0.15) is 0 Å². The van der Waals surface area contributed by atoms with Crippen molar-refractivity contribution in [3.8, 4) is 5.75 Å². The Kier molecular flexibility index (Phi) is 10.7. The molecule has 168 valence electrons. The van der Waals surface area contributed by atoms with Crippen LogP contribution in [0.4, 0.5) is 0 Å². The van der Waals surface area contributed by atoms with Gasteiger partial charge in [0.15, 0.2) is 0 Å². The highest BCUT2D eigenvalue weighted by Crippen LogP contribution is 2.20. The van der Waals surface area contributed by atoms with Gasteiger partial charge in [0.2, 0.25) is 11.8 Å². The minimum Gasteiger partial charge on any atom is -0.497 e. The van der Waals surface area contributed by atoms with E-state index in [1.165, 1.54) is 0 Å². The largest absolute Gasteiger partial charge is 0.497 e. The first-order valence-electron chi connectivity index (χ1n) is 10.5. The van der Waals surface area contributed by atoms with Crippen molar-refractivity contribution in [3.63, 3.8) is 0 Å². The average molecular weight is 463 g/mol. The molecule has 1 N–H and O–H groups in total. The van der Waals surface area contributed by atoms with Crippen molar-refractivity contribution in [1.29, 1.82) is 0 Å². The van der Waals surface area contributed by atoms with E-state index < -0.39 is 6.04 Å². The number of hydrogen-bond donors (Lipinski definition) is 1. The Hall–Kier alpha value is -2.18. The van der Waals surface area contributed by atoms with Gasteiger partial charge in [0.1, 0.15) is 11.8 Å². The quantitative estimate of drug-likeness (QED) is 0.486. The Morgan fingerprint density at radius 3 is 2.29 bits per heavy atom. The van der Waals surface area contributed by atoms with Gasteiger partial charge in [0.25, 0.3) is 0 Å². The Bertz CT molecular complexity index is 828. The van der Waals surface area contributed by atoms with Gasteiger partial charge in [-0.1, -0.05) is 49.7 Å². The van der Waals surface area contributed by atoms with Crippen LogP contribution < -0.4 is 10.1 Å². The van der Waals surface area contributed by atoms with Crippen LogP contribution in [0.5, 0.6) is 5.75 Å². The third-order valence-electron chi connectivity index (χ3n) is 4.85. The van der Waals surface area contributed by atoms with E-state index in [0.717, 1.165) is 23.3 Å². The second kappa shape index (κ2) is 13.3. The first-order valence-corrected chi connectivity index (χ1v) is 12.0. The molecule has 0 radical (unpaired) electrons. The smallest absolute Gasteiger partial charge is 0.242 e. The summed E-state index contributed by atoms with van der Waals surface area (Å²) < 4.78 is 5.18. The number of nitrogens with zero attached hydrogens (tertiary/aromatic N) is 1. The molecule has 0 aliphatic carbocycles. The number of methoxy groups -OCH3 is 1. The maximum absolute atomic E-state index is 13.2. The first-order chi connectivity index (χ1) is 15.0. The Labute approximate surface area is 194 Å². The zero-order valence-corrected chi connectivity index (χ0v) is 20.0. The lowest BCUT2D eigenvalue weighted by atomic mass is 10.1.